The van der Waals surface area contributed by atoms with Crippen molar-refractivity contribution in [2.45, 2.75) is 6.42 Å². The molecule has 82 valence electrons. The quantitative estimate of drug-likeness (QED) is 0.684. The zero-order chi connectivity index (χ0) is 11.4. The predicted molar refractivity (Wildman–Crippen MR) is 51.0 cm³/mol. The number of esters is 1. The zero-order valence-electron chi connectivity index (χ0n) is 8.45. The molecule has 0 fully saturated rings. The minimum absolute atomic E-state index is 0.0592. The van der Waals surface area contributed by atoms with Gasteiger partial charge in [0.25, 0.3) is 0 Å². The fourth-order valence-electron chi connectivity index (χ4n) is 1.03. The zero-order valence-corrected chi connectivity index (χ0v) is 8.45. The summed E-state index contributed by atoms with van der Waals surface area (Å²) in [6, 6.07) is 1.68. The first-order valence-electron chi connectivity index (χ1n) is 4.46. The van der Waals surface area contributed by atoms with Crippen LogP contribution in [0.2, 0.25) is 0 Å². The fraction of sp³-hybridized carbons (Fsp3) is 0.222. The molecule has 0 bridgehead atoms. The van der Waals surface area contributed by atoms with Crippen LogP contribution in [-0.4, -0.2) is 33.2 Å². The minimum atomic E-state index is -0.441. The highest BCUT2D eigenvalue weighted by atomic mass is 16.5. The van der Waals surface area contributed by atoms with Crippen LogP contribution in [0.4, 0.5) is 0 Å². The summed E-state index contributed by atoms with van der Waals surface area (Å²) in [6.45, 7) is 0. The second kappa shape index (κ2) is 4.47. The summed E-state index contributed by atoms with van der Waals surface area (Å²) in [7, 11) is 1.29. The lowest BCUT2D eigenvalue weighted by Gasteiger charge is -1.91. The number of rotatable bonds is 3. The van der Waals surface area contributed by atoms with Gasteiger partial charge in [0.15, 0.2) is 0 Å². The van der Waals surface area contributed by atoms with Gasteiger partial charge in [0.1, 0.15) is 6.42 Å². The minimum Gasteiger partial charge on any atom is -0.469 e. The molecule has 0 aliphatic heterocycles. The summed E-state index contributed by atoms with van der Waals surface area (Å²) < 4.78 is 9.32. The Labute approximate surface area is 90.5 Å². The van der Waals surface area contributed by atoms with Crippen LogP contribution in [0.5, 0.6) is 0 Å². The molecule has 0 aromatic carbocycles. The molecule has 2 aromatic rings. The SMILES string of the molecule is COC(=O)Cc1nc(-c2ncccn2)no1. The Morgan fingerprint density at radius 2 is 2.12 bits per heavy atom. The van der Waals surface area contributed by atoms with Gasteiger partial charge in [0.2, 0.25) is 17.5 Å². The fourth-order valence-corrected chi connectivity index (χ4v) is 1.03. The normalized spacial score (nSPS) is 10.1. The largest absolute Gasteiger partial charge is 0.469 e. The van der Waals surface area contributed by atoms with Crippen LogP contribution < -0.4 is 0 Å². The molecule has 2 rings (SSSR count). The van der Waals surface area contributed by atoms with E-state index in [9.17, 15) is 4.79 Å². The third-order valence-electron chi connectivity index (χ3n) is 1.76. The van der Waals surface area contributed by atoms with E-state index < -0.39 is 5.97 Å². The molecule has 7 heteroatoms. The summed E-state index contributed by atoms with van der Waals surface area (Å²) >= 11 is 0. The molecule has 0 saturated carbocycles. The Hall–Kier alpha value is -2.31. The van der Waals surface area contributed by atoms with E-state index in [0.29, 0.717) is 5.82 Å². The van der Waals surface area contributed by atoms with Crippen LogP contribution >= 0.6 is 0 Å². The van der Waals surface area contributed by atoms with E-state index >= 15 is 0 Å². The number of nitrogens with zero attached hydrogens (tertiary/aromatic N) is 4. The first kappa shape index (κ1) is 10.2. The van der Waals surface area contributed by atoms with Gasteiger partial charge >= 0.3 is 5.97 Å². The molecular weight excluding hydrogens is 212 g/mol. The van der Waals surface area contributed by atoms with E-state index in [0.717, 1.165) is 0 Å². The van der Waals surface area contributed by atoms with Gasteiger partial charge in [-0.1, -0.05) is 5.16 Å². The Kier molecular flexibility index (Phi) is 2.86. The molecule has 0 saturated heterocycles. The number of carbonyl (C=O) groups is 1. The van der Waals surface area contributed by atoms with Crippen molar-refractivity contribution in [3.63, 3.8) is 0 Å². The monoisotopic (exact) mass is 220 g/mol. The van der Waals surface area contributed by atoms with Gasteiger partial charge in [-0.05, 0) is 6.07 Å². The number of carbonyl (C=O) groups excluding carboxylic acids is 1. The number of hydrogen-bond acceptors (Lipinski definition) is 7. The van der Waals surface area contributed by atoms with E-state index in [1.165, 1.54) is 7.11 Å². The lowest BCUT2D eigenvalue weighted by atomic mass is 10.4. The molecular formula is C9H8N4O3. The van der Waals surface area contributed by atoms with Crippen molar-refractivity contribution in [2.24, 2.45) is 0 Å². The average Bonchev–Trinajstić information content (AvgIpc) is 2.78. The van der Waals surface area contributed by atoms with Crippen molar-refractivity contribution in [1.29, 1.82) is 0 Å². The van der Waals surface area contributed by atoms with Gasteiger partial charge in [0, 0.05) is 12.4 Å². The topological polar surface area (TPSA) is 91.0 Å². The van der Waals surface area contributed by atoms with Gasteiger partial charge in [0.05, 0.1) is 7.11 Å². The maximum Gasteiger partial charge on any atom is 0.315 e. The van der Waals surface area contributed by atoms with E-state index in [-0.39, 0.29) is 18.1 Å². The van der Waals surface area contributed by atoms with Gasteiger partial charge in [-0.25, -0.2) is 9.97 Å². The van der Waals surface area contributed by atoms with Gasteiger partial charge in [-0.15, -0.1) is 0 Å². The van der Waals surface area contributed by atoms with E-state index in [1.54, 1.807) is 18.5 Å². The summed E-state index contributed by atoms with van der Waals surface area (Å²) in [6.07, 6.45) is 3.08. The maximum absolute atomic E-state index is 10.9. The van der Waals surface area contributed by atoms with Crippen LogP contribution in [-0.2, 0) is 16.0 Å². The molecule has 0 aliphatic rings. The highest BCUT2D eigenvalue weighted by molar-refractivity contribution is 5.71. The molecule has 16 heavy (non-hydrogen) atoms. The summed E-state index contributed by atoms with van der Waals surface area (Å²) in [5.41, 5.74) is 0. The molecule has 0 radical (unpaired) electrons. The smallest absolute Gasteiger partial charge is 0.315 e. The molecule has 0 unspecified atom stereocenters. The highest BCUT2D eigenvalue weighted by Crippen LogP contribution is 2.09. The standard InChI is InChI=1S/C9H8N4O3/c1-15-7(14)5-6-12-9(13-16-6)8-10-3-2-4-11-8/h2-4H,5H2,1H3. The van der Waals surface area contributed by atoms with Gasteiger partial charge < -0.3 is 9.26 Å². The Bertz CT molecular complexity index is 483. The van der Waals surface area contributed by atoms with E-state index in [4.69, 9.17) is 4.52 Å². The lowest BCUT2D eigenvalue weighted by Crippen LogP contribution is -2.04. The predicted octanol–water partition coefficient (Wildman–Crippen LogP) is 0.242. The lowest BCUT2D eigenvalue weighted by molar-refractivity contribution is -0.140. The molecule has 0 spiro atoms. The number of methoxy groups -OCH3 is 1. The first-order chi connectivity index (χ1) is 7.79. The molecule has 7 nitrogen and oxygen atoms in total. The van der Waals surface area contributed by atoms with Crippen LogP contribution in [0.15, 0.2) is 23.0 Å². The summed E-state index contributed by atoms with van der Waals surface area (Å²) in [4.78, 5) is 22.8. The van der Waals surface area contributed by atoms with Gasteiger partial charge in [-0.3, -0.25) is 4.79 Å². The van der Waals surface area contributed by atoms with Gasteiger partial charge in [-0.2, -0.15) is 4.98 Å². The van der Waals surface area contributed by atoms with Crippen LogP contribution in [0.1, 0.15) is 5.89 Å². The van der Waals surface area contributed by atoms with Crippen molar-refractivity contribution in [3.05, 3.63) is 24.4 Å². The van der Waals surface area contributed by atoms with Crippen molar-refractivity contribution < 1.29 is 14.1 Å². The van der Waals surface area contributed by atoms with Crippen molar-refractivity contribution in [3.8, 4) is 11.6 Å². The Morgan fingerprint density at radius 1 is 1.38 bits per heavy atom. The second-order valence-electron chi connectivity index (χ2n) is 2.84. The number of aromatic nitrogens is 4. The Morgan fingerprint density at radius 3 is 2.81 bits per heavy atom. The van der Waals surface area contributed by atoms with E-state index in [2.05, 4.69) is 24.8 Å². The van der Waals surface area contributed by atoms with Crippen molar-refractivity contribution in [2.75, 3.05) is 7.11 Å². The maximum atomic E-state index is 10.9. The third kappa shape index (κ3) is 2.19. The van der Waals surface area contributed by atoms with Crippen molar-refractivity contribution in [1.82, 2.24) is 20.1 Å². The highest BCUT2D eigenvalue weighted by Gasteiger charge is 2.13. The number of hydrogen-bond donors (Lipinski definition) is 0. The average molecular weight is 220 g/mol. The van der Waals surface area contributed by atoms with E-state index in [1.807, 2.05) is 0 Å². The molecule has 2 heterocycles. The van der Waals surface area contributed by atoms with Crippen LogP contribution in [0.3, 0.4) is 0 Å². The molecule has 0 amide bonds. The molecule has 0 aliphatic carbocycles. The second-order valence-corrected chi connectivity index (χ2v) is 2.84. The molecule has 2 aromatic heterocycles. The van der Waals surface area contributed by atoms with Crippen LogP contribution in [0, 0.1) is 0 Å². The molecule has 0 atom stereocenters. The first-order valence-corrected chi connectivity index (χ1v) is 4.46. The number of ether oxygens (including phenoxy) is 1. The summed E-state index contributed by atoms with van der Waals surface area (Å²) in [5.74, 6) is 0.334. The molecule has 0 N–H and O–H groups in total. The van der Waals surface area contributed by atoms with Crippen molar-refractivity contribution >= 4 is 5.97 Å². The summed E-state index contributed by atoms with van der Waals surface area (Å²) in [5, 5.41) is 3.65. The third-order valence-corrected chi connectivity index (χ3v) is 1.76. The van der Waals surface area contributed by atoms with Crippen LogP contribution in [0.25, 0.3) is 11.6 Å². The Balaban J connectivity index is 2.17.